The van der Waals surface area contributed by atoms with E-state index in [1.54, 1.807) is 18.1 Å². The lowest BCUT2D eigenvalue weighted by Gasteiger charge is -2.25. The maximum Gasteiger partial charge on any atom is 0.227 e. The molecule has 0 spiro atoms. The molecule has 2 aliphatic rings. The lowest BCUT2D eigenvalue weighted by molar-refractivity contribution is -0.129. The molecule has 1 atom stereocenters. The maximum absolute atomic E-state index is 13.7. The first-order valence-corrected chi connectivity index (χ1v) is 14.8. The van der Waals surface area contributed by atoms with Crippen molar-refractivity contribution in [1.29, 1.82) is 0 Å². The van der Waals surface area contributed by atoms with Gasteiger partial charge in [0.2, 0.25) is 5.91 Å². The molecule has 1 saturated carbocycles. The van der Waals surface area contributed by atoms with E-state index in [9.17, 15) is 4.79 Å². The number of allylic oxidation sites excluding steroid dienone is 3. The van der Waals surface area contributed by atoms with Gasteiger partial charge in [-0.25, -0.2) is 0 Å². The fourth-order valence-corrected chi connectivity index (χ4v) is 6.10. The van der Waals surface area contributed by atoms with E-state index in [2.05, 4.69) is 59.1 Å². The monoisotopic (exact) mass is 555 g/mol. The molecule has 0 radical (unpaired) electrons. The Kier molecular flexibility index (Phi) is 9.36. The fraction of sp³-hybridized carbons (Fsp3) is 0.273. The number of hydrogen-bond acceptors (Lipinski definition) is 4. The van der Waals surface area contributed by atoms with Crippen molar-refractivity contribution < 1.29 is 4.79 Å². The van der Waals surface area contributed by atoms with Gasteiger partial charge in [-0.15, -0.1) is 0 Å². The average molecular weight is 556 g/mol. The number of rotatable bonds is 10. The van der Waals surface area contributed by atoms with E-state index < -0.39 is 0 Å². The average Bonchev–Trinajstić information content (AvgIpc) is 3.22. The summed E-state index contributed by atoms with van der Waals surface area (Å²) < 4.78 is 3.71. The van der Waals surface area contributed by atoms with Crippen LogP contribution in [0.25, 0.3) is 0 Å². The van der Waals surface area contributed by atoms with Crippen LogP contribution in [0.5, 0.6) is 0 Å². The Bertz CT molecular complexity index is 1380. The maximum atomic E-state index is 13.7. The van der Waals surface area contributed by atoms with E-state index in [1.807, 2.05) is 47.5 Å². The largest absolute Gasteiger partial charge is 0.308 e. The Morgan fingerprint density at radius 1 is 1.08 bits per heavy atom. The van der Waals surface area contributed by atoms with E-state index in [4.69, 9.17) is 11.6 Å². The standard InChI is InChI=1S/C33H34ClN3OS/c1-2-24-11-15-30(16-12-24)39-36-32-17-14-27-8-4-10-29(21-31(27)32)37(23-26-7-5-19-35-22-26)33(38)18-13-25-6-3-9-28(34)20-25/h3,5-12,15-16,19-22,32,36H,2,4,13-14,17-18,23H2,1H3. The number of carbonyl (C=O) groups is 1. The summed E-state index contributed by atoms with van der Waals surface area (Å²) >= 11 is 7.87. The van der Waals surface area contributed by atoms with Crippen molar-refractivity contribution in [1.82, 2.24) is 14.6 Å². The molecular formula is C33H34ClN3OS. The van der Waals surface area contributed by atoms with Gasteiger partial charge in [-0.3, -0.25) is 14.5 Å². The Morgan fingerprint density at radius 2 is 1.92 bits per heavy atom. The second kappa shape index (κ2) is 13.3. The molecule has 1 heterocycles. The summed E-state index contributed by atoms with van der Waals surface area (Å²) in [6.07, 6.45) is 15.4. The summed E-state index contributed by atoms with van der Waals surface area (Å²) in [5.74, 6) is 0.0956. The number of amides is 1. The van der Waals surface area contributed by atoms with Gasteiger partial charge in [0, 0.05) is 40.5 Å². The SMILES string of the molecule is CCc1ccc(SNC2CCC3=CCC=C(N(Cc4cccnc4)C(=O)CCc4cccc(Cl)c4)C=C32)cc1. The van der Waals surface area contributed by atoms with Crippen molar-refractivity contribution in [2.75, 3.05) is 0 Å². The number of hydrogen-bond donors (Lipinski definition) is 1. The molecule has 2 aliphatic carbocycles. The number of nitrogens with zero attached hydrogens (tertiary/aromatic N) is 2. The number of halogens is 1. The minimum atomic E-state index is 0.0956. The first-order chi connectivity index (χ1) is 19.1. The first-order valence-electron chi connectivity index (χ1n) is 13.6. The van der Waals surface area contributed by atoms with E-state index in [1.165, 1.54) is 21.6 Å². The minimum Gasteiger partial charge on any atom is -0.308 e. The van der Waals surface area contributed by atoms with E-state index in [0.29, 0.717) is 24.4 Å². The minimum absolute atomic E-state index is 0.0956. The molecule has 1 fully saturated rings. The predicted molar refractivity (Wildman–Crippen MR) is 161 cm³/mol. The molecule has 5 rings (SSSR count). The molecule has 39 heavy (non-hydrogen) atoms. The van der Waals surface area contributed by atoms with Gasteiger partial charge in [-0.1, -0.05) is 61.0 Å². The third-order valence-corrected chi connectivity index (χ3v) is 8.43. The van der Waals surface area contributed by atoms with Gasteiger partial charge in [0.1, 0.15) is 0 Å². The Hall–Kier alpha value is -3.12. The number of fused-ring (bicyclic) bond motifs is 1. The van der Waals surface area contributed by atoms with Gasteiger partial charge in [-0.2, -0.15) is 0 Å². The molecule has 0 saturated heterocycles. The van der Waals surface area contributed by atoms with E-state index in [0.717, 1.165) is 42.5 Å². The summed E-state index contributed by atoms with van der Waals surface area (Å²) in [4.78, 5) is 21.1. The van der Waals surface area contributed by atoms with Crippen molar-refractivity contribution in [3.63, 3.8) is 0 Å². The van der Waals surface area contributed by atoms with Crippen molar-refractivity contribution >= 4 is 29.5 Å². The van der Waals surface area contributed by atoms with Gasteiger partial charge in [0.25, 0.3) is 0 Å². The lowest BCUT2D eigenvalue weighted by atomic mass is 10.1. The third kappa shape index (κ3) is 7.30. The number of benzene rings is 2. The summed E-state index contributed by atoms with van der Waals surface area (Å²) in [5.41, 5.74) is 7.06. The van der Waals surface area contributed by atoms with E-state index >= 15 is 0 Å². The second-order valence-corrected chi connectivity index (χ2v) is 11.3. The van der Waals surface area contributed by atoms with Crippen LogP contribution in [0, 0.1) is 0 Å². The summed E-state index contributed by atoms with van der Waals surface area (Å²) in [7, 11) is 0. The zero-order valence-corrected chi connectivity index (χ0v) is 23.8. The van der Waals surface area contributed by atoms with Gasteiger partial charge in [0.15, 0.2) is 0 Å². The highest BCUT2D eigenvalue weighted by atomic mass is 35.5. The molecule has 4 nitrogen and oxygen atoms in total. The zero-order valence-electron chi connectivity index (χ0n) is 22.3. The molecule has 3 aromatic rings. The van der Waals surface area contributed by atoms with Crippen molar-refractivity contribution in [2.24, 2.45) is 0 Å². The molecule has 1 aromatic heterocycles. The Labute approximate surface area is 241 Å². The fourth-order valence-electron chi connectivity index (χ4n) is 5.10. The van der Waals surface area contributed by atoms with Crippen LogP contribution < -0.4 is 4.72 Å². The molecular weight excluding hydrogens is 522 g/mol. The number of pyridine rings is 1. The topological polar surface area (TPSA) is 45.2 Å². The highest BCUT2D eigenvalue weighted by Crippen LogP contribution is 2.36. The Morgan fingerprint density at radius 3 is 2.69 bits per heavy atom. The number of nitrogens with one attached hydrogen (secondary N) is 1. The molecule has 0 bridgehead atoms. The van der Waals surface area contributed by atoms with Crippen LogP contribution >= 0.6 is 23.5 Å². The van der Waals surface area contributed by atoms with Crippen LogP contribution in [0.3, 0.4) is 0 Å². The van der Waals surface area contributed by atoms with Crippen molar-refractivity contribution in [2.45, 2.75) is 62.9 Å². The molecule has 1 amide bonds. The highest BCUT2D eigenvalue weighted by molar-refractivity contribution is 7.97. The van der Waals surface area contributed by atoms with Crippen LogP contribution in [0.2, 0.25) is 5.02 Å². The van der Waals surface area contributed by atoms with Gasteiger partial charge in [-0.05, 0) is 108 Å². The number of aromatic nitrogens is 1. The molecule has 1 unspecified atom stereocenters. The smallest absolute Gasteiger partial charge is 0.227 e. The molecule has 0 aliphatic heterocycles. The molecule has 6 heteroatoms. The summed E-state index contributed by atoms with van der Waals surface area (Å²) in [5, 5.41) is 0.695. The van der Waals surface area contributed by atoms with Gasteiger partial charge in [0.05, 0.1) is 6.54 Å². The zero-order chi connectivity index (χ0) is 27.0. The van der Waals surface area contributed by atoms with Gasteiger partial charge >= 0.3 is 0 Å². The van der Waals surface area contributed by atoms with Crippen LogP contribution in [-0.4, -0.2) is 21.8 Å². The molecule has 200 valence electrons. The van der Waals surface area contributed by atoms with Crippen molar-refractivity contribution in [3.8, 4) is 0 Å². The summed E-state index contributed by atoms with van der Waals surface area (Å²) in [6.45, 7) is 2.67. The quantitative estimate of drug-likeness (QED) is 0.259. The van der Waals surface area contributed by atoms with Gasteiger partial charge < -0.3 is 4.90 Å². The normalized spacial score (nSPS) is 16.6. The molecule has 2 aromatic carbocycles. The Balaban J connectivity index is 1.35. The first kappa shape index (κ1) is 27.4. The van der Waals surface area contributed by atoms with Crippen LogP contribution in [0.1, 0.15) is 49.3 Å². The number of aryl methyl sites for hydroxylation is 2. The number of carbonyl (C=O) groups excluding carboxylic acids is 1. The van der Waals surface area contributed by atoms with Crippen molar-refractivity contribution in [3.05, 3.63) is 130 Å². The highest BCUT2D eigenvalue weighted by Gasteiger charge is 2.28. The van der Waals surface area contributed by atoms with Crippen LogP contribution in [0.4, 0.5) is 0 Å². The summed E-state index contributed by atoms with van der Waals surface area (Å²) in [6, 6.07) is 20.7. The second-order valence-electron chi connectivity index (χ2n) is 9.97. The van der Waals surface area contributed by atoms with Crippen LogP contribution in [-0.2, 0) is 24.2 Å². The van der Waals surface area contributed by atoms with Crippen LogP contribution in [0.15, 0.2) is 113 Å². The third-order valence-electron chi connectivity index (χ3n) is 7.29. The predicted octanol–water partition coefficient (Wildman–Crippen LogP) is 7.86. The molecule has 1 N–H and O–H groups in total. The lowest BCUT2D eigenvalue weighted by Crippen LogP contribution is -2.30. The van der Waals surface area contributed by atoms with E-state index in [-0.39, 0.29) is 11.9 Å².